The number of carboxylic acid groups (broad SMARTS) is 1. The Balaban J connectivity index is 0.000000235. The molecule has 5 fully saturated rings. The lowest BCUT2D eigenvalue weighted by Gasteiger charge is -2.40. The van der Waals surface area contributed by atoms with Crippen molar-refractivity contribution in [1.29, 1.82) is 11.8 Å². The monoisotopic (exact) mass is 2140 g/mol. The van der Waals surface area contributed by atoms with Gasteiger partial charge in [-0.05, 0) is 67.2 Å². The van der Waals surface area contributed by atoms with E-state index in [1.807, 2.05) is 123 Å². The van der Waals surface area contributed by atoms with Crippen molar-refractivity contribution in [3.05, 3.63) is 167 Å². The molecule has 57 heteroatoms. The summed E-state index contributed by atoms with van der Waals surface area (Å²) in [5.41, 5.74) is -0.148. The fourth-order valence-electron chi connectivity index (χ4n) is 14.7. The number of aliphatic hydroxyl groups excluding tert-OH is 1. The Hall–Kier alpha value is -10.9. The number of ether oxygens (including phenoxy) is 5. The van der Waals surface area contributed by atoms with Gasteiger partial charge in [0, 0.05) is 35.8 Å². The van der Waals surface area contributed by atoms with Gasteiger partial charge in [0.2, 0.25) is 23.7 Å². The summed E-state index contributed by atoms with van der Waals surface area (Å²) < 4.78 is 136. The van der Waals surface area contributed by atoms with Crippen LogP contribution in [-0.4, -0.2) is 248 Å². The normalized spacial score (nSPS) is 24.1. The minimum atomic E-state index is -4.87. The number of benzene rings is 3. The summed E-state index contributed by atoms with van der Waals surface area (Å²) >= 11 is 0. The number of hydrogen-bond donors (Lipinski definition) is 10. The van der Waals surface area contributed by atoms with Gasteiger partial charge in [-0.1, -0.05) is 142 Å². The van der Waals surface area contributed by atoms with Crippen LogP contribution in [0.4, 0.5) is 28.3 Å². The number of imidazole rings is 4. The molecule has 5 aliphatic heterocycles. The third kappa shape index (κ3) is 27.6. The minimum absolute atomic E-state index is 0. The number of fused-ring (bicyclic) bond motifs is 8. The molecule has 5 aliphatic rings. The number of nitrogens with zero attached hydrogens (tertiary/aromatic N) is 16. The van der Waals surface area contributed by atoms with Crippen molar-refractivity contribution in [2.24, 2.45) is 11.8 Å². The zero-order valence-corrected chi connectivity index (χ0v) is 88.6. The fraction of sp³-hybridized carbons (Fsp3) is 0.489. The number of amides is 4. The molecule has 12 N–H and O–H groups in total. The molecule has 0 aliphatic carbocycles. The standard InChI is InChI=1S/C41H52N11O14PSi.C40H51N11O13P2Si.C6H6.CH6P2.H3N/c1-22(2)34(54)49-39-48-33-28(36(56)50-39)46-21-52(33)38-30(29(26(17-53)63-38)66-68(6,7)41(3,4)5)65-67(59,60-15-11-14-42)61-18-24-16-25(64-40(57)58)37(62-24)51-20-45-27-31(43-19-44-32(27)51)47-35(55)23-12-9-8-10-13-23;1-22(2)34(52)48-39-47-33-28(36(54)49-39)45-21-51(33)38-30-29(64-67(6,7)40(3,4)5)26(61-38)18-57-65(55)62-25-16-24(17-59-66(56,63-30)58-15-11-14-41)60-37(25)50-20-44-27-31(42-19-43-32(27)50)46-35(53)23-12-9-8-10-13-23;1-2-4-6-5-3-1;1-3-2;/h8-10,12-13,19-22,24-26,29-30,37-38,53H,11,15-18H2,1-7H3,(H,57,58)(H,43,44,47,55)(H2,48,49,50,54,56);8-10,12-13,19-22,24-26,29-30,37-38,55H,11,15-18H2,1-7H3,(H,42,43,46,53)(H2,47,48,49,52,54);1-6H;3H,2H2,1H3;1H3/t24-,25+,26+,29+,30+,37+,38+,67?;24-,25+,26+,29+,30+,37+,38+,65?,66?;;;/m00.../s1/i;;;3D;. The smallest absolute Gasteiger partial charge is 0.450 e. The Labute approximate surface area is 840 Å². The maximum atomic E-state index is 15.1. The lowest BCUT2D eigenvalue weighted by atomic mass is 10.1. The topological polar surface area (TPSA) is 664 Å². The van der Waals surface area contributed by atoms with E-state index < -0.39 is 219 Å². The van der Waals surface area contributed by atoms with Crippen molar-refractivity contribution in [3.8, 4) is 12.1 Å². The summed E-state index contributed by atoms with van der Waals surface area (Å²) in [7, 11) is -15.9. The van der Waals surface area contributed by atoms with E-state index in [0.29, 0.717) is 11.1 Å². The molecule has 4 amide bonds. The van der Waals surface area contributed by atoms with Gasteiger partial charge in [-0.2, -0.15) is 20.5 Å². The molecule has 13 heterocycles. The number of aromatic nitrogens is 16. The van der Waals surface area contributed by atoms with Crippen LogP contribution in [-0.2, 0) is 87.4 Å². The molecule has 0 spiro atoms. The van der Waals surface area contributed by atoms with E-state index in [0.717, 1.165) is 0 Å². The molecule has 19 atom stereocenters. The minimum Gasteiger partial charge on any atom is -0.450 e. The second-order valence-corrected chi connectivity index (χ2v) is 52.7. The first kappa shape index (κ1) is 111. The van der Waals surface area contributed by atoms with Gasteiger partial charge in [0.05, 0.1) is 103 Å². The van der Waals surface area contributed by atoms with E-state index in [2.05, 4.69) is 90.0 Å². The maximum absolute atomic E-state index is 15.1. The maximum Gasteiger partial charge on any atom is 0.506 e. The highest BCUT2D eigenvalue weighted by molar-refractivity contribution is 8.02. The van der Waals surface area contributed by atoms with Crippen molar-refractivity contribution in [2.75, 3.05) is 67.6 Å². The highest BCUT2D eigenvalue weighted by Gasteiger charge is 2.58. The molecule has 50 nitrogen and oxygen atoms in total. The van der Waals surface area contributed by atoms with Gasteiger partial charge >= 0.3 is 30.4 Å². The Morgan fingerprint density at radius 1 is 0.628 bits per heavy atom. The number of rotatable bonds is 29. The fourth-order valence-corrected chi connectivity index (χ4v) is 20.9. The number of carbonyl (C=O) groups is 5. The lowest BCUT2D eigenvalue weighted by molar-refractivity contribution is -0.119. The number of anilines is 4. The Bertz CT molecular complexity index is 6650. The van der Waals surface area contributed by atoms with Crippen LogP contribution in [0.3, 0.4) is 0 Å². The summed E-state index contributed by atoms with van der Waals surface area (Å²) in [6.07, 6.45) is -10.8. The SMILES string of the molecule is CC(C)C(=O)Nc1nc2c(ncn2[C@@H]2O[C@@H]3COP(O)O[C@@H]4C[C@@H](COP(=O)(OCCC#N)O[C@@H]2[C@@H]3O[Si](C)(C)C(C)(C)C)O[C@H]4n2cnc3c(NC(=O)c4ccccc4)ncnc32)c(=O)[nH]1.CC(C)C(=O)Nc1nc2c(ncn2[C@@H]2O[C@H](CO)[C@@H](O[Si](C)(C)C(C)(C)C)[C@H]2OP(=O)(OCCC#N)OC[C@@H]2C[C@@H](OC(=O)O)[C@H](n3cnc4c(NC(=O)c5ccccc5)ncnc43)O2)c(=O)[nH]1.N.[2H]P(C)P.c1ccccc1. The van der Waals surface area contributed by atoms with Crippen LogP contribution < -0.4 is 38.5 Å². The van der Waals surface area contributed by atoms with Crippen LogP contribution >= 0.6 is 41.4 Å². The third-order valence-electron chi connectivity index (χ3n) is 24.0. The number of nitrogens with one attached hydrogen (secondary N) is 6. The average molecular weight is 2140 g/mol. The lowest BCUT2D eigenvalue weighted by Crippen LogP contribution is -2.50. The van der Waals surface area contributed by atoms with Gasteiger partial charge in [-0.15, -0.1) is 17.1 Å². The van der Waals surface area contributed by atoms with E-state index >= 15 is 9.13 Å². The molecular weight excluding hydrogens is 2020 g/mol. The molecule has 0 radical (unpaired) electrons. The number of H-pyrrole nitrogens is 2. The van der Waals surface area contributed by atoms with Gasteiger partial charge < -0.3 is 73.5 Å². The first-order valence-electron chi connectivity index (χ1n) is 46.0. The molecule has 145 heavy (non-hydrogen) atoms. The molecule has 0 saturated carbocycles. The summed E-state index contributed by atoms with van der Waals surface area (Å²) in [4.78, 5) is 150. The van der Waals surface area contributed by atoms with Crippen molar-refractivity contribution in [1.82, 2.24) is 84.2 Å². The molecule has 3 aromatic carbocycles. The van der Waals surface area contributed by atoms with E-state index in [9.17, 15) is 59.2 Å². The van der Waals surface area contributed by atoms with E-state index in [1.54, 1.807) is 92.9 Å². The van der Waals surface area contributed by atoms with E-state index in [4.69, 9.17) is 70.0 Å². The number of phosphoric acid groups is 2. The molecule has 8 aromatic heterocycles. The predicted molar refractivity (Wildman–Crippen MR) is 536 cm³/mol. The molecule has 5 unspecified atom stereocenters. The number of aliphatic hydroxyl groups is 1. The van der Waals surface area contributed by atoms with Gasteiger partial charge in [-0.3, -0.25) is 94.8 Å². The Morgan fingerprint density at radius 3 is 1.58 bits per heavy atom. The number of nitriles is 2. The zero-order valence-electron chi connectivity index (χ0n) is 82.9. The van der Waals surface area contributed by atoms with Gasteiger partial charge in [0.15, 0.2) is 104 Å². The molecule has 5 saturated heterocycles. The second kappa shape index (κ2) is 49.3. The number of phosphoric ester groups is 2. The largest absolute Gasteiger partial charge is 0.506 e. The molecular formula is C88H118N23O27P5Si2. The van der Waals surface area contributed by atoms with Crippen LogP contribution in [0.1, 0.15) is 141 Å². The molecule has 780 valence electrons. The average Bonchev–Trinajstić information content (AvgIpc) is 1.59. The van der Waals surface area contributed by atoms with Crippen molar-refractivity contribution in [2.45, 2.75) is 217 Å². The van der Waals surface area contributed by atoms with E-state index in [1.165, 1.54) is 51.7 Å². The predicted octanol–water partition coefficient (Wildman–Crippen LogP) is 13.3. The molecule has 11 aromatic rings. The number of carbonyl (C=O) groups excluding carboxylic acids is 4. The molecule has 16 rings (SSSR count). The van der Waals surface area contributed by atoms with E-state index in [-0.39, 0.29) is 118 Å². The number of hydrogen-bond acceptors (Lipinski definition) is 39. The van der Waals surface area contributed by atoms with Crippen LogP contribution in [0.25, 0.3) is 44.7 Å². The Kier molecular flexibility index (Phi) is 37.8. The van der Waals surface area contributed by atoms with Crippen LogP contribution in [0.2, 0.25) is 36.3 Å². The van der Waals surface area contributed by atoms with Gasteiger partial charge in [0.1, 0.15) is 55.4 Å². The highest BCUT2D eigenvalue weighted by Crippen LogP contribution is 2.59. The van der Waals surface area contributed by atoms with Gasteiger partial charge in [0.25, 0.3) is 22.9 Å². The van der Waals surface area contributed by atoms with Crippen LogP contribution in [0, 0.1) is 34.5 Å². The van der Waals surface area contributed by atoms with Crippen LogP contribution in [0.5, 0.6) is 0 Å². The van der Waals surface area contributed by atoms with Crippen molar-refractivity contribution in [3.63, 3.8) is 0 Å². The van der Waals surface area contributed by atoms with Gasteiger partial charge in [-0.25, -0.2) is 53.8 Å². The quantitative estimate of drug-likeness (QED) is 0.00901. The first-order valence-corrected chi connectivity index (χ1v) is 58.4. The number of aromatic amines is 2. The summed E-state index contributed by atoms with van der Waals surface area (Å²) in [5, 5.41) is 49.2. The highest BCUT2D eigenvalue weighted by atomic mass is 32.0. The first-order chi connectivity index (χ1) is 68.8. The zero-order chi connectivity index (χ0) is 105. The van der Waals surface area contributed by atoms with Crippen molar-refractivity contribution >= 4 is 156 Å². The second-order valence-electron chi connectivity index (χ2n) is 36.9. The molecule has 4 bridgehead atoms. The van der Waals surface area contributed by atoms with Crippen molar-refractivity contribution < 1.29 is 117 Å². The summed E-state index contributed by atoms with van der Waals surface area (Å²) in [5.74, 6) is -2.75. The van der Waals surface area contributed by atoms with Crippen LogP contribution in [0.15, 0.2) is 145 Å². The Morgan fingerprint density at radius 2 is 1.10 bits per heavy atom. The third-order valence-corrected chi connectivity index (χ3v) is 36.7. The summed E-state index contributed by atoms with van der Waals surface area (Å²) in [6.45, 7) is 25.7. The summed E-state index contributed by atoms with van der Waals surface area (Å²) in [6, 6.07) is 32.9.